The molecule has 1 aliphatic heterocycles. The smallest absolute Gasteiger partial charge is 0.307 e. The van der Waals surface area contributed by atoms with Crippen LogP contribution in [0.25, 0.3) is 0 Å². The molecule has 22 heavy (non-hydrogen) atoms. The standard InChI is InChI=1S/C17H23N3O2/c1-14(17(21)22)12-19-7-4-8-20(10-9-19)13-16-6-3-2-5-15(16)11-18/h2-3,5-6,14H,4,7-10,12-13H2,1H3,(H,21,22). The van der Waals surface area contributed by atoms with E-state index in [4.69, 9.17) is 10.4 Å². The van der Waals surface area contributed by atoms with E-state index in [1.54, 1.807) is 6.92 Å². The van der Waals surface area contributed by atoms with Crippen molar-refractivity contribution < 1.29 is 9.90 Å². The monoisotopic (exact) mass is 301 g/mol. The first-order chi connectivity index (χ1) is 10.6. The Hall–Kier alpha value is -1.90. The van der Waals surface area contributed by atoms with Crippen molar-refractivity contribution in [1.82, 2.24) is 9.80 Å². The third-order valence-corrected chi connectivity index (χ3v) is 4.17. The molecule has 1 aliphatic rings. The molecular weight excluding hydrogens is 278 g/mol. The fourth-order valence-electron chi connectivity index (χ4n) is 2.84. The minimum atomic E-state index is -0.732. The lowest BCUT2D eigenvalue weighted by Gasteiger charge is -2.23. The van der Waals surface area contributed by atoms with E-state index in [-0.39, 0.29) is 5.92 Å². The van der Waals surface area contributed by atoms with Crippen molar-refractivity contribution in [2.24, 2.45) is 5.92 Å². The first-order valence-corrected chi connectivity index (χ1v) is 7.75. The van der Waals surface area contributed by atoms with Gasteiger partial charge in [-0.25, -0.2) is 0 Å². The Kier molecular flexibility index (Phi) is 5.93. The molecule has 1 saturated heterocycles. The lowest BCUT2D eigenvalue weighted by Crippen LogP contribution is -2.35. The van der Waals surface area contributed by atoms with Gasteiger partial charge in [-0.2, -0.15) is 5.26 Å². The highest BCUT2D eigenvalue weighted by Gasteiger charge is 2.20. The number of benzene rings is 1. The van der Waals surface area contributed by atoms with Crippen molar-refractivity contribution in [3.05, 3.63) is 35.4 Å². The summed E-state index contributed by atoms with van der Waals surface area (Å²) < 4.78 is 0. The van der Waals surface area contributed by atoms with Crippen molar-refractivity contribution in [2.75, 3.05) is 32.7 Å². The molecule has 118 valence electrons. The van der Waals surface area contributed by atoms with E-state index in [2.05, 4.69) is 15.9 Å². The lowest BCUT2D eigenvalue weighted by molar-refractivity contribution is -0.141. The van der Waals surface area contributed by atoms with Crippen molar-refractivity contribution in [3.8, 4) is 6.07 Å². The maximum Gasteiger partial charge on any atom is 0.307 e. The van der Waals surface area contributed by atoms with Gasteiger partial charge in [-0.3, -0.25) is 9.69 Å². The van der Waals surface area contributed by atoms with Gasteiger partial charge in [0.05, 0.1) is 17.6 Å². The van der Waals surface area contributed by atoms with Gasteiger partial charge in [0, 0.05) is 26.2 Å². The minimum Gasteiger partial charge on any atom is -0.481 e. The number of rotatable bonds is 5. The van der Waals surface area contributed by atoms with Gasteiger partial charge in [0.25, 0.3) is 0 Å². The number of carbonyl (C=O) groups is 1. The highest BCUT2D eigenvalue weighted by molar-refractivity contribution is 5.69. The highest BCUT2D eigenvalue weighted by atomic mass is 16.4. The van der Waals surface area contributed by atoms with Crippen molar-refractivity contribution in [2.45, 2.75) is 19.9 Å². The number of carboxylic acids is 1. The first-order valence-electron chi connectivity index (χ1n) is 7.75. The molecule has 1 aromatic rings. The number of nitriles is 1. The predicted octanol–water partition coefficient (Wildman–Crippen LogP) is 1.79. The van der Waals surface area contributed by atoms with Crippen molar-refractivity contribution >= 4 is 5.97 Å². The van der Waals surface area contributed by atoms with Gasteiger partial charge in [0.15, 0.2) is 0 Å². The van der Waals surface area contributed by atoms with Crippen LogP contribution >= 0.6 is 0 Å². The molecule has 0 aromatic heterocycles. The van der Waals surface area contributed by atoms with Crippen molar-refractivity contribution in [3.63, 3.8) is 0 Å². The second-order valence-corrected chi connectivity index (χ2v) is 5.94. The molecule has 5 nitrogen and oxygen atoms in total. The fraction of sp³-hybridized carbons (Fsp3) is 0.529. The van der Waals surface area contributed by atoms with E-state index in [9.17, 15) is 4.79 Å². The summed E-state index contributed by atoms with van der Waals surface area (Å²) in [7, 11) is 0. The number of nitrogens with zero attached hydrogens (tertiary/aromatic N) is 3. The Balaban J connectivity index is 1.91. The molecule has 2 rings (SSSR count). The zero-order valence-electron chi connectivity index (χ0n) is 13.0. The molecule has 0 radical (unpaired) electrons. The normalized spacial score (nSPS) is 18.4. The Morgan fingerprint density at radius 3 is 2.68 bits per heavy atom. The molecule has 1 fully saturated rings. The number of hydrogen-bond donors (Lipinski definition) is 1. The summed E-state index contributed by atoms with van der Waals surface area (Å²) >= 11 is 0. The van der Waals surface area contributed by atoms with Crippen LogP contribution in [0.5, 0.6) is 0 Å². The molecule has 0 bridgehead atoms. The zero-order chi connectivity index (χ0) is 15.9. The summed E-state index contributed by atoms with van der Waals surface area (Å²) in [5, 5.41) is 18.2. The van der Waals surface area contributed by atoms with Crippen LogP contribution in [0, 0.1) is 17.2 Å². The van der Waals surface area contributed by atoms with E-state index < -0.39 is 5.97 Å². The summed E-state index contributed by atoms with van der Waals surface area (Å²) in [4.78, 5) is 15.5. The molecule has 1 aromatic carbocycles. The summed E-state index contributed by atoms with van der Waals surface area (Å²) in [5.74, 6) is -1.06. The van der Waals surface area contributed by atoms with E-state index in [1.807, 2.05) is 24.3 Å². The van der Waals surface area contributed by atoms with Crippen LogP contribution < -0.4 is 0 Å². The Labute approximate surface area is 131 Å². The summed E-state index contributed by atoms with van der Waals surface area (Å²) in [5.41, 5.74) is 1.81. The van der Waals surface area contributed by atoms with Crippen LogP contribution in [-0.4, -0.2) is 53.6 Å². The zero-order valence-corrected chi connectivity index (χ0v) is 13.0. The maximum absolute atomic E-state index is 11.0. The third kappa shape index (κ3) is 4.55. The van der Waals surface area contributed by atoms with Crippen LogP contribution in [0.3, 0.4) is 0 Å². The predicted molar refractivity (Wildman–Crippen MR) is 84.3 cm³/mol. The van der Waals surface area contributed by atoms with Crippen LogP contribution in [0.15, 0.2) is 24.3 Å². The second-order valence-electron chi connectivity index (χ2n) is 5.94. The first kappa shape index (κ1) is 16.5. The van der Waals surface area contributed by atoms with Crippen LogP contribution in [0.2, 0.25) is 0 Å². The van der Waals surface area contributed by atoms with Gasteiger partial charge in [-0.05, 0) is 31.1 Å². The SMILES string of the molecule is CC(CN1CCCN(Cc2ccccc2C#N)CC1)C(=O)O. The van der Waals surface area contributed by atoms with Gasteiger partial charge in [0.2, 0.25) is 0 Å². The van der Waals surface area contributed by atoms with Gasteiger partial charge in [-0.15, -0.1) is 0 Å². The van der Waals surface area contributed by atoms with E-state index in [1.165, 1.54) is 0 Å². The molecule has 1 heterocycles. The molecule has 0 saturated carbocycles. The molecule has 0 spiro atoms. The molecular formula is C17H23N3O2. The number of carboxylic acid groups (broad SMARTS) is 1. The number of hydrogen-bond acceptors (Lipinski definition) is 4. The van der Waals surface area contributed by atoms with E-state index in [0.717, 1.165) is 50.3 Å². The summed E-state index contributed by atoms with van der Waals surface area (Å²) in [6, 6.07) is 9.96. The van der Waals surface area contributed by atoms with Gasteiger partial charge >= 0.3 is 5.97 Å². The van der Waals surface area contributed by atoms with Crippen LogP contribution in [-0.2, 0) is 11.3 Å². The molecule has 1 N–H and O–H groups in total. The topological polar surface area (TPSA) is 67.6 Å². The molecule has 5 heteroatoms. The summed E-state index contributed by atoms with van der Waals surface area (Å²) in [6.45, 7) is 6.86. The third-order valence-electron chi connectivity index (χ3n) is 4.17. The fourth-order valence-corrected chi connectivity index (χ4v) is 2.84. The van der Waals surface area contributed by atoms with Crippen molar-refractivity contribution in [1.29, 1.82) is 5.26 Å². The van der Waals surface area contributed by atoms with Gasteiger partial charge in [0.1, 0.15) is 0 Å². The Morgan fingerprint density at radius 2 is 1.95 bits per heavy atom. The van der Waals surface area contributed by atoms with Crippen LogP contribution in [0.1, 0.15) is 24.5 Å². The van der Waals surface area contributed by atoms with Gasteiger partial charge < -0.3 is 10.0 Å². The largest absolute Gasteiger partial charge is 0.481 e. The second kappa shape index (κ2) is 7.92. The maximum atomic E-state index is 11.0. The van der Waals surface area contributed by atoms with Gasteiger partial charge in [-0.1, -0.05) is 25.1 Å². The average molecular weight is 301 g/mol. The quantitative estimate of drug-likeness (QED) is 0.898. The molecule has 1 unspecified atom stereocenters. The summed E-state index contributed by atoms with van der Waals surface area (Å²) in [6.07, 6.45) is 1.03. The average Bonchev–Trinajstić information content (AvgIpc) is 2.73. The molecule has 0 amide bonds. The van der Waals surface area contributed by atoms with E-state index >= 15 is 0 Å². The minimum absolute atomic E-state index is 0.328. The Bertz CT molecular complexity index is 553. The highest BCUT2D eigenvalue weighted by Crippen LogP contribution is 2.13. The van der Waals surface area contributed by atoms with Crippen LogP contribution in [0.4, 0.5) is 0 Å². The Morgan fingerprint density at radius 1 is 1.27 bits per heavy atom. The lowest BCUT2D eigenvalue weighted by atomic mass is 10.1. The number of aliphatic carboxylic acids is 1. The molecule has 1 atom stereocenters. The molecule has 0 aliphatic carbocycles. The van der Waals surface area contributed by atoms with E-state index in [0.29, 0.717) is 6.54 Å².